The molecule has 0 aliphatic rings. The molecule has 0 aliphatic carbocycles. The first-order valence-corrected chi connectivity index (χ1v) is 8.50. The summed E-state index contributed by atoms with van der Waals surface area (Å²) in [6.07, 6.45) is 1.93. The second-order valence-electron chi connectivity index (χ2n) is 5.66. The van der Waals surface area contributed by atoms with E-state index < -0.39 is 0 Å². The minimum absolute atomic E-state index is 0.244. The number of halogens is 2. The number of rotatable bonds is 6. The quantitative estimate of drug-likeness (QED) is 0.668. The van der Waals surface area contributed by atoms with Crippen LogP contribution in [-0.4, -0.2) is 17.4 Å². The highest BCUT2D eigenvalue weighted by Gasteiger charge is 2.07. The summed E-state index contributed by atoms with van der Waals surface area (Å²) >= 11 is 5.85. The summed E-state index contributed by atoms with van der Waals surface area (Å²) in [6, 6.07) is 17.2. The van der Waals surface area contributed by atoms with Crippen LogP contribution >= 0.6 is 11.6 Å². The molecule has 0 aliphatic heterocycles. The van der Waals surface area contributed by atoms with Crippen molar-refractivity contribution < 1.29 is 9.18 Å². The lowest BCUT2D eigenvalue weighted by Gasteiger charge is -2.08. The third kappa shape index (κ3) is 4.80. The summed E-state index contributed by atoms with van der Waals surface area (Å²) in [6.45, 7) is 0.352. The Morgan fingerprint density at radius 2 is 1.81 bits per heavy atom. The molecule has 1 heterocycles. The number of amides is 1. The van der Waals surface area contributed by atoms with Crippen molar-refractivity contribution in [2.24, 2.45) is 0 Å². The minimum atomic E-state index is -0.263. The second-order valence-corrected chi connectivity index (χ2v) is 6.10. The van der Waals surface area contributed by atoms with Gasteiger partial charge in [0.2, 0.25) is 0 Å². The van der Waals surface area contributed by atoms with Crippen molar-refractivity contribution >= 4 is 29.0 Å². The molecule has 1 amide bonds. The normalized spacial score (nSPS) is 10.4. The van der Waals surface area contributed by atoms with Crippen molar-refractivity contribution in [1.29, 1.82) is 0 Å². The second kappa shape index (κ2) is 8.45. The molecule has 4 nitrogen and oxygen atoms in total. The molecule has 0 spiro atoms. The van der Waals surface area contributed by atoms with E-state index in [1.807, 2.05) is 12.1 Å². The van der Waals surface area contributed by atoms with Crippen LogP contribution in [0.4, 0.5) is 15.9 Å². The minimum Gasteiger partial charge on any atom is -0.352 e. The highest BCUT2D eigenvalue weighted by Crippen LogP contribution is 2.17. The van der Waals surface area contributed by atoms with Crippen molar-refractivity contribution in [2.75, 3.05) is 11.9 Å². The Morgan fingerprint density at radius 1 is 1.04 bits per heavy atom. The lowest BCUT2D eigenvalue weighted by atomic mass is 10.1. The van der Waals surface area contributed by atoms with Crippen molar-refractivity contribution in [3.8, 4) is 0 Å². The van der Waals surface area contributed by atoms with Gasteiger partial charge in [-0.2, -0.15) is 0 Å². The Bertz CT molecular complexity index is 882. The Morgan fingerprint density at radius 3 is 2.50 bits per heavy atom. The Hall–Kier alpha value is -2.92. The average molecular weight is 370 g/mol. The van der Waals surface area contributed by atoms with Crippen molar-refractivity contribution in [3.05, 3.63) is 88.8 Å². The van der Waals surface area contributed by atoms with E-state index in [0.717, 1.165) is 5.69 Å². The Kier molecular flexibility index (Phi) is 5.81. The molecule has 1 aromatic heterocycles. The molecule has 0 saturated carbocycles. The molecular weight excluding hydrogens is 353 g/mol. The van der Waals surface area contributed by atoms with Gasteiger partial charge in [-0.1, -0.05) is 29.8 Å². The number of aromatic nitrogens is 1. The Labute approximate surface area is 156 Å². The number of pyridine rings is 1. The van der Waals surface area contributed by atoms with Crippen molar-refractivity contribution in [1.82, 2.24) is 10.3 Å². The maximum absolute atomic E-state index is 13.5. The number of benzene rings is 2. The van der Waals surface area contributed by atoms with Crippen LogP contribution in [0, 0.1) is 5.82 Å². The first-order chi connectivity index (χ1) is 12.6. The van der Waals surface area contributed by atoms with E-state index in [2.05, 4.69) is 15.6 Å². The number of nitrogens with one attached hydrogen (secondary N) is 2. The number of hydrogen-bond donors (Lipinski definition) is 2. The average Bonchev–Trinajstić information content (AvgIpc) is 2.66. The van der Waals surface area contributed by atoms with E-state index in [1.54, 1.807) is 42.5 Å². The molecule has 3 aromatic rings. The fourth-order valence-electron chi connectivity index (χ4n) is 2.40. The standard InChI is InChI=1S/C20H17ClFN3O/c21-16-6-8-17(9-7-16)25-19-10-5-15(13-24-19)20(26)23-12-11-14-3-1-2-4-18(14)22/h1-10,13H,11-12H2,(H,23,26)(H,24,25). The molecule has 0 unspecified atom stereocenters. The van der Waals surface area contributed by atoms with Gasteiger partial charge in [0.25, 0.3) is 5.91 Å². The third-order valence-corrected chi connectivity index (χ3v) is 4.03. The first kappa shape index (κ1) is 17.9. The number of anilines is 2. The summed E-state index contributed by atoms with van der Waals surface area (Å²) in [7, 11) is 0. The molecule has 0 fully saturated rings. The first-order valence-electron chi connectivity index (χ1n) is 8.12. The van der Waals surface area contributed by atoms with E-state index in [9.17, 15) is 9.18 Å². The monoisotopic (exact) mass is 369 g/mol. The summed E-state index contributed by atoms with van der Waals surface area (Å²) in [5.41, 5.74) is 1.87. The molecule has 0 saturated heterocycles. The van der Waals surface area contributed by atoms with Gasteiger partial charge in [0.05, 0.1) is 5.56 Å². The highest BCUT2D eigenvalue weighted by atomic mass is 35.5. The van der Waals surface area contributed by atoms with Gasteiger partial charge in [0, 0.05) is 23.5 Å². The maximum Gasteiger partial charge on any atom is 0.252 e. The number of hydrogen-bond acceptors (Lipinski definition) is 3. The van der Waals surface area contributed by atoms with Gasteiger partial charge >= 0.3 is 0 Å². The fraction of sp³-hybridized carbons (Fsp3) is 0.100. The van der Waals surface area contributed by atoms with Gasteiger partial charge < -0.3 is 10.6 Å². The SMILES string of the molecule is O=C(NCCc1ccccc1F)c1ccc(Nc2ccc(Cl)cc2)nc1. The molecule has 6 heteroatoms. The highest BCUT2D eigenvalue weighted by molar-refractivity contribution is 6.30. The van der Waals surface area contributed by atoms with Crippen molar-refractivity contribution in [2.45, 2.75) is 6.42 Å². The molecule has 0 bridgehead atoms. The zero-order chi connectivity index (χ0) is 18.4. The van der Waals surface area contributed by atoms with Crippen molar-refractivity contribution in [3.63, 3.8) is 0 Å². The van der Waals surface area contributed by atoms with Crippen LogP contribution in [0.1, 0.15) is 15.9 Å². The molecule has 2 aromatic carbocycles. The number of nitrogens with zero attached hydrogens (tertiary/aromatic N) is 1. The van der Waals surface area contributed by atoms with Crippen LogP contribution in [0.5, 0.6) is 0 Å². The molecule has 0 atom stereocenters. The van der Waals surface area contributed by atoms with Crippen LogP contribution < -0.4 is 10.6 Å². The maximum atomic E-state index is 13.5. The van der Waals surface area contributed by atoms with E-state index in [-0.39, 0.29) is 11.7 Å². The molecule has 0 radical (unpaired) electrons. The van der Waals surface area contributed by atoms with Gasteiger partial charge in [0.1, 0.15) is 11.6 Å². The summed E-state index contributed by atoms with van der Waals surface area (Å²) in [4.78, 5) is 16.4. The number of carbonyl (C=O) groups excluding carboxylic acids is 1. The van der Waals surface area contributed by atoms with Gasteiger partial charge in [-0.3, -0.25) is 4.79 Å². The van der Waals surface area contributed by atoms with Crippen LogP contribution in [0.25, 0.3) is 0 Å². The van der Waals surface area contributed by atoms with Crippen LogP contribution in [0.2, 0.25) is 5.02 Å². The van der Waals surface area contributed by atoms with Gasteiger partial charge in [-0.25, -0.2) is 9.37 Å². The molecule has 3 rings (SSSR count). The molecular formula is C20H17ClFN3O. The predicted molar refractivity (Wildman–Crippen MR) is 101 cm³/mol. The van der Waals surface area contributed by atoms with E-state index >= 15 is 0 Å². The lowest BCUT2D eigenvalue weighted by molar-refractivity contribution is 0.0953. The summed E-state index contributed by atoms with van der Waals surface area (Å²) in [5.74, 6) is 0.114. The fourth-order valence-corrected chi connectivity index (χ4v) is 2.52. The van der Waals surface area contributed by atoms with Gasteiger partial charge in [0.15, 0.2) is 0 Å². The van der Waals surface area contributed by atoms with Gasteiger partial charge in [-0.05, 0) is 54.4 Å². The van der Waals surface area contributed by atoms with E-state index in [0.29, 0.717) is 34.9 Å². The predicted octanol–water partition coefficient (Wildman–Crippen LogP) is 4.59. The van der Waals surface area contributed by atoms with Crippen LogP contribution in [0.15, 0.2) is 66.9 Å². The zero-order valence-corrected chi connectivity index (χ0v) is 14.6. The molecule has 2 N–H and O–H groups in total. The summed E-state index contributed by atoms with van der Waals surface area (Å²) in [5, 5.41) is 6.55. The zero-order valence-electron chi connectivity index (χ0n) is 13.9. The third-order valence-electron chi connectivity index (χ3n) is 3.78. The number of carbonyl (C=O) groups is 1. The van der Waals surface area contributed by atoms with E-state index in [1.165, 1.54) is 12.3 Å². The van der Waals surface area contributed by atoms with Crippen LogP contribution in [-0.2, 0) is 6.42 Å². The van der Waals surface area contributed by atoms with E-state index in [4.69, 9.17) is 11.6 Å². The largest absolute Gasteiger partial charge is 0.352 e. The topological polar surface area (TPSA) is 54.0 Å². The lowest BCUT2D eigenvalue weighted by Crippen LogP contribution is -2.26. The summed E-state index contributed by atoms with van der Waals surface area (Å²) < 4.78 is 13.5. The molecule has 132 valence electrons. The van der Waals surface area contributed by atoms with Crippen LogP contribution in [0.3, 0.4) is 0 Å². The smallest absolute Gasteiger partial charge is 0.252 e. The molecule has 26 heavy (non-hydrogen) atoms. The van der Waals surface area contributed by atoms with Gasteiger partial charge in [-0.15, -0.1) is 0 Å². The Balaban J connectivity index is 1.53.